The summed E-state index contributed by atoms with van der Waals surface area (Å²) >= 11 is 0. The van der Waals surface area contributed by atoms with E-state index >= 15 is 0 Å². The van der Waals surface area contributed by atoms with Crippen LogP contribution in [0.1, 0.15) is 27.3 Å². The van der Waals surface area contributed by atoms with Gasteiger partial charge in [-0.1, -0.05) is 18.2 Å². The smallest absolute Gasteiger partial charge is 0.255 e. The fourth-order valence-corrected chi connectivity index (χ4v) is 2.94. The molecular formula is C23H21N5O2. The molecule has 7 heteroatoms. The Balaban J connectivity index is 1.42. The molecule has 0 radical (unpaired) electrons. The normalized spacial score (nSPS) is 10.6. The summed E-state index contributed by atoms with van der Waals surface area (Å²) in [4.78, 5) is 12.2. The van der Waals surface area contributed by atoms with Gasteiger partial charge in [0.15, 0.2) is 5.82 Å². The number of carbonyl (C=O) groups is 1. The number of hydrogen-bond donors (Lipinski definition) is 1. The Morgan fingerprint density at radius 3 is 2.23 bits per heavy atom. The lowest BCUT2D eigenvalue weighted by molar-refractivity contribution is 0.102. The first-order valence-corrected chi connectivity index (χ1v) is 9.52. The van der Waals surface area contributed by atoms with E-state index in [0.717, 1.165) is 17.0 Å². The molecule has 30 heavy (non-hydrogen) atoms. The molecule has 0 aliphatic rings. The Morgan fingerprint density at radius 1 is 0.900 bits per heavy atom. The first-order chi connectivity index (χ1) is 14.5. The first kappa shape index (κ1) is 19.3. The molecule has 1 amide bonds. The molecule has 0 bridgehead atoms. The minimum atomic E-state index is -0.162. The van der Waals surface area contributed by atoms with Crippen molar-refractivity contribution in [2.75, 3.05) is 5.32 Å². The second-order valence-corrected chi connectivity index (χ2v) is 6.88. The molecule has 2 aromatic carbocycles. The first-order valence-electron chi connectivity index (χ1n) is 9.52. The third-order valence-corrected chi connectivity index (χ3v) is 4.87. The van der Waals surface area contributed by atoms with Crippen LogP contribution in [0.3, 0.4) is 0 Å². The molecular weight excluding hydrogens is 378 g/mol. The maximum atomic E-state index is 12.2. The van der Waals surface area contributed by atoms with Crippen LogP contribution in [0, 0.1) is 20.8 Å². The molecule has 0 fully saturated rings. The van der Waals surface area contributed by atoms with Crippen LogP contribution in [0.4, 0.5) is 5.69 Å². The standard InChI is InChI=1S/C23H21N5O2/c1-15-16(2)27-28(17(15)3)21-13-14-22(26-25-21)30-20-11-9-19(10-12-20)24-23(29)18-7-5-4-6-8-18/h4-14H,1-3H3,(H,24,29). The summed E-state index contributed by atoms with van der Waals surface area (Å²) in [6.45, 7) is 6.00. The molecule has 0 spiro atoms. The Labute approximate surface area is 174 Å². The van der Waals surface area contributed by atoms with Crippen LogP contribution in [0.15, 0.2) is 66.7 Å². The lowest BCUT2D eigenvalue weighted by atomic mass is 10.2. The van der Waals surface area contributed by atoms with E-state index in [1.165, 1.54) is 0 Å². The van der Waals surface area contributed by atoms with Gasteiger partial charge in [0.1, 0.15) is 5.75 Å². The van der Waals surface area contributed by atoms with Crippen LogP contribution in [0.25, 0.3) is 5.82 Å². The van der Waals surface area contributed by atoms with Gasteiger partial charge in [-0.2, -0.15) is 5.10 Å². The van der Waals surface area contributed by atoms with Crippen LogP contribution >= 0.6 is 0 Å². The number of aryl methyl sites for hydroxylation is 1. The molecule has 0 unspecified atom stereocenters. The van der Waals surface area contributed by atoms with E-state index in [-0.39, 0.29) is 5.91 Å². The number of hydrogen-bond acceptors (Lipinski definition) is 5. The summed E-state index contributed by atoms with van der Waals surface area (Å²) in [6, 6.07) is 19.7. The lowest BCUT2D eigenvalue weighted by Gasteiger charge is -2.08. The number of amides is 1. The third kappa shape index (κ3) is 4.05. The number of ether oxygens (including phenoxy) is 1. The highest BCUT2D eigenvalue weighted by Crippen LogP contribution is 2.22. The second kappa shape index (κ2) is 8.16. The summed E-state index contributed by atoms with van der Waals surface area (Å²) in [5, 5.41) is 15.7. The van der Waals surface area contributed by atoms with Crippen molar-refractivity contribution in [3.8, 4) is 17.4 Å². The van der Waals surface area contributed by atoms with Gasteiger partial charge >= 0.3 is 0 Å². The Hall–Kier alpha value is -4.00. The predicted molar refractivity (Wildman–Crippen MR) is 114 cm³/mol. The minimum absolute atomic E-state index is 0.162. The van der Waals surface area contributed by atoms with Crippen molar-refractivity contribution in [1.29, 1.82) is 0 Å². The molecule has 4 aromatic rings. The van der Waals surface area contributed by atoms with Gasteiger partial charge in [0.2, 0.25) is 5.88 Å². The summed E-state index contributed by atoms with van der Waals surface area (Å²) in [5.74, 6) is 1.44. The number of rotatable bonds is 5. The molecule has 0 saturated carbocycles. The maximum absolute atomic E-state index is 12.2. The number of nitrogens with zero attached hydrogens (tertiary/aromatic N) is 4. The Morgan fingerprint density at radius 2 is 1.63 bits per heavy atom. The number of anilines is 1. The van der Waals surface area contributed by atoms with Crippen LogP contribution in [-0.4, -0.2) is 25.9 Å². The van der Waals surface area contributed by atoms with E-state index in [1.807, 2.05) is 45.0 Å². The monoisotopic (exact) mass is 399 g/mol. The van der Waals surface area contributed by atoms with Gasteiger partial charge in [-0.25, -0.2) is 4.68 Å². The van der Waals surface area contributed by atoms with Crippen LogP contribution in [0.5, 0.6) is 11.6 Å². The average molecular weight is 399 g/mol. The molecule has 2 aromatic heterocycles. The van der Waals surface area contributed by atoms with E-state index in [9.17, 15) is 4.79 Å². The van der Waals surface area contributed by atoms with E-state index in [1.54, 1.807) is 47.1 Å². The van der Waals surface area contributed by atoms with Gasteiger partial charge < -0.3 is 10.1 Å². The SMILES string of the molecule is Cc1nn(-c2ccc(Oc3ccc(NC(=O)c4ccccc4)cc3)nn2)c(C)c1C. The third-order valence-electron chi connectivity index (χ3n) is 4.87. The van der Waals surface area contributed by atoms with Crippen molar-refractivity contribution in [3.05, 3.63) is 89.2 Å². The van der Waals surface area contributed by atoms with Crippen molar-refractivity contribution in [2.24, 2.45) is 0 Å². The second-order valence-electron chi connectivity index (χ2n) is 6.88. The molecule has 0 atom stereocenters. The highest BCUT2D eigenvalue weighted by molar-refractivity contribution is 6.04. The van der Waals surface area contributed by atoms with Crippen LogP contribution in [0.2, 0.25) is 0 Å². The largest absolute Gasteiger partial charge is 0.438 e. The molecule has 2 heterocycles. The summed E-state index contributed by atoms with van der Waals surface area (Å²) in [6.07, 6.45) is 0. The van der Waals surface area contributed by atoms with Crippen molar-refractivity contribution >= 4 is 11.6 Å². The van der Waals surface area contributed by atoms with Crippen molar-refractivity contribution in [3.63, 3.8) is 0 Å². The minimum Gasteiger partial charge on any atom is -0.438 e. The topological polar surface area (TPSA) is 81.9 Å². The summed E-state index contributed by atoms with van der Waals surface area (Å²) < 4.78 is 7.53. The van der Waals surface area contributed by atoms with Gasteiger partial charge in [-0.05, 0) is 68.8 Å². The van der Waals surface area contributed by atoms with E-state index < -0.39 is 0 Å². The summed E-state index contributed by atoms with van der Waals surface area (Å²) in [5.41, 5.74) is 4.41. The highest BCUT2D eigenvalue weighted by atomic mass is 16.5. The molecule has 0 aliphatic heterocycles. The summed E-state index contributed by atoms with van der Waals surface area (Å²) in [7, 11) is 0. The fraction of sp³-hybridized carbons (Fsp3) is 0.130. The van der Waals surface area contributed by atoms with E-state index in [0.29, 0.717) is 28.7 Å². The molecule has 1 N–H and O–H groups in total. The Kier molecular flexibility index (Phi) is 5.26. The zero-order valence-corrected chi connectivity index (χ0v) is 17.0. The van der Waals surface area contributed by atoms with Crippen LogP contribution in [-0.2, 0) is 0 Å². The number of aromatic nitrogens is 4. The number of carbonyl (C=O) groups excluding carboxylic acids is 1. The predicted octanol–water partition coefficient (Wildman–Crippen LogP) is 4.63. The zero-order chi connectivity index (χ0) is 21.1. The fourth-order valence-electron chi connectivity index (χ4n) is 2.94. The lowest BCUT2D eigenvalue weighted by Crippen LogP contribution is -2.11. The van der Waals surface area contributed by atoms with Gasteiger partial charge in [0.25, 0.3) is 5.91 Å². The van der Waals surface area contributed by atoms with E-state index in [2.05, 4.69) is 20.6 Å². The molecule has 7 nitrogen and oxygen atoms in total. The van der Waals surface area contributed by atoms with E-state index in [4.69, 9.17) is 4.74 Å². The van der Waals surface area contributed by atoms with Gasteiger partial charge in [-0.3, -0.25) is 4.79 Å². The molecule has 0 saturated heterocycles. The maximum Gasteiger partial charge on any atom is 0.255 e. The molecule has 4 rings (SSSR count). The zero-order valence-electron chi connectivity index (χ0n) is 17.0. The van der Waals surface area contributed by atoms with Crippen LogP contribution < -0.4 is 10.1 Å². The van der Waals surface area contributed by atoms with Crippen molar-refractivity contribution in [2.45, 2.75) is 20.8 Å². The van der Waals surface area contributed by atoms with Gasteiger partial charge in [0.05, 0.1) is 5.69 Å². The highest BCUT2D eigenvalue weighted by Gasteiger charge is 2.11. The molecule has 150 valence electrons. The number of nitrogens with one attached hydrogen (secondary N) is 1. The van der Waals surface area contributed by atoms with Crippen molar-refractivity contribution < 1.29 is 9.53 Å². The Bertz CT molecular complexity index is 1170. The molecule has 0 aliphatic carbocycles. The van der Waals surface area contributed by atoms with Crippen molar-refractivity contribution in [1.82, 2.24) is 20.0 Å². The number of benzene rings is 2. The quantitative estimate of drug-likeness (QED) is 0.529. The van der Waals surface area contributed by atoms with Gasteiger partial charge in [-0.15, -0.1) is 10.2 Å². The van der Waals surface area contributed by atoms with Gasteiger partial charge in [0, 0.05) is 23.0 Å². The average Bonchev–Trinajstić information content (AvgIpc) is 3.03.